The Morgan fingerprint density at radius 3 is 2.52 bits per heavy atom. The highest BCUT2D eigenvalue weighted by atomic mass is 35.5. The van der Waals surface area contributed by atoms with E-state index in [0.29, 0.717) is 6.42 Å². The zero-order valence-corrected chi connectivity index (χ0v) is 15.6. The average Bonchev–Trinajstić information content (AvgIpc) is 2.53. The molecular weight excluding hydrogens is 336 g/mol. The minimum Gasteiger partial charge on any atom is -0.487 e. The van der Waals surface area contributed by atoms with Crippen LogP contribution in [-0.4, -0.2) is 11.5 Å². The number of halogens is 1. The van der Waals surface area contributed by atoms with Crippen molar-refractivity contribution in [3.63, 3.8) is 0 Å². The van der Waals surface area contributed by atoms with Gasteiger partial charge in [0.15, 0.2) is 0 Å². The Morgan fingerprint density at radius 1 is 1.20 bits per heavy atom. The van der Waals surface area contributed by atoms with Crippen LogP contribution in [0.2, 0.25) is 0 Å². The van der Waals surface area contributed by atoms with E-state index in [1.807, 2.05) is 69.3 Å². The van der Waals surface area contributed by atoms with Gasteiger partial charge in [0, 0.05) is 12.0 Å². The Kier molecular flexibility index (Phi) is 5.76. The maximum absolute atomic E-state index is 12.6. The number of benzene rings is 2. The molecule has 0 spiro atoms. The Morgan fingerprint density at radius 2 is 1.84 bits per heavy atom. The van der Waals surface area contributed by atoms with Gasteiger partial charge in [-0.2, -0.15) is 0 Å². The third-order valence-electron chi connectivity index (χ3n) is 4.41. The molecule has 3 rings (SSSR count). The van der Waals surface area contributed by atoms with Gasteiger partial charge >= 0.3 is 0 Å². The monoisotopic (exact) mass is 360 g/mol. The zero-order valence-electron chi connectivity index (χ0n) is 14.8. The van der Waals surface area contributed by atoms with E-state index in [4.69, 9.17) is 10.5 Å². The van der Waals surface area contributed by atoms with E-state index in [2.05, 4.69) is 5.32 Å². The molecule has 4 nitrogen and oxygen atoms in total. The highest BCUT2D eigenvalue weighted by molar-refractivity contribution is 5.85. The van der Waals surface area contributed by atoms with E-state index in [1.54, 1.807) is 0 Å². The fraction of sp³-hybridized carbons (Fsp3) is 0.350. The van der Waals surface area contributed by atoms with Crippen LogP contribution in [0.3, 0.4) is 0 Å². The molecule has 0 fully saturated rings. The van der Waals surface area contributed by atoms with Crippen molar-refractivity contribution in [2.24, 2.45) is 5.73 Å². The number of hydrogen-bond donors (Lipinski definition) is 2. The van der Waals surface area contributed by atoms with Crippen LogP contribution in [-0.2, 0) is 4.79 Å². The zero-order chi connectivity index (χ0) is 17.3. The standard InChI is InChI=1S/C20H24N2O2.ClH/c1-13-8-10-14(11-9-13)18(21)19(23)22-16-12-20(2,3)24-17-7-5-4-6-15(16)17;/h4-11,16,18H,12,21H2,1-3H3,(H,22,23);1H. The molecule has 1 aliphatic heterocycles. The Bertz CT molecular complexity index is 744. The molecule has 134 valence electrons. The molecule has 2 aromatic rings. The first-order valence-corrected chi connectivity index (χ1v) is 8.26. The summed E-state index contributed by atoms with van der Waals surface area (Å²) in [5, 5.41) is 3.10. The van der Waals surface area contributed by atoms with Gasteiger partial charge in [-0.05, 0) is 32.4 Å². The van der Waals surface area contributed by atoms with Crippen LogP contribution in [0.15, 0.2) is 48.5 Å². The fourth-order valence-corrected chi connectivity index (χ4v) is 3.12. The lowest BCUT2D eigenvalue weighted by atomic mass is 9.89. The Labute approximate surface area is 155 Å². The molecule has 0 aromatic heterocycles. The number of aryl methyl sites for hydroxylation is 1. The summed E-state index contributed by atoms with van der Waals surface area (Å²) in [4.78, 5) is 12.6. The second kappa shape index (κ2) is 7.46. The van der Waals surface area contributed by atoms with Crippen LogP contribution in [0.5, 0.6) is 5.75 Å². The molecule has 0 aliphatic carbocycles. The fourth-order valence-electron chi connectivity index (χ4n) is 3.12. The number of fused-ring (bicyclic) bond motifs is 1. The van der Waals surface area contributed by atoms with Gasteiger partial charge in [-0.25, -0.2) is 0 Å². The van der Waals surface area contributed by atoms with Crippen molar-refractivity contribution in [2.45, 2.75) is 44.9 Å². The van der Waals surface area contributed by atoms with E-state index in [0.717, 1.165) is 22.4 Å². The molecule has 0 bridgehead atoms. The van der Waals surface area contributed by atoms with Gasteiger partial charge in [-0.3, -0.25) is 4.79 Å². The Hall–Kier alpha value is -2.04. The molecule has 1 amide bonds. The van der Waals surface area contributed by atoms with Crippen LogP contribution >= 0.6 is 12.4 Å². The van der Waals surface area contributed by atoms with Gasteiger partial charge in [0.05, 0.1) is 6.04 Å². The average molecular weight is 361 g/mol. The first-order chi connectivity index (χ1) is 11.4. The molecule has 0 saturated heterocycles. The summed E-state index contributed by atoms with van der Waals surface area (Å²) < 4.78 is 6.01. The summed E-state index contributed by atoms with van der Waals surface area (Å²) in [6.07, 6.45) is 0.705. The van der Waals surface area contributed by atoms with Gasteiger partial charge in [-0.1, -0.05) is 48.0 Å². The van der Waals surface area contributed by atoms with Crippen LogP contribution < -0.4 is 15.8 Å². The third kappa shape index (κ3) is 4.33. The molecule has 2 unspecified atom stereocenters. The number of rotatable bonds is 3. The van der Waals surface area contributed by atoms with Gasteiger partial charge in [0.2, 0.25) is 5.91 Å². The molecule has 5 heteroatoms. The molecular formula is C20H25ClN2O2. The maximum Gasteiger partial charge on any atom is 0.242 e. The van der Waals surface area contributed by atoms with Gasteiger partial charge in [-0.15, -0.1) is 12.4 Å². The summed E-state index contributed by atoms with van der Waals surface area (Å²) >= 11 is 0. The lowest BCUT2D eigenvalue weighted by molar-refractivity contribution is -0.123. The highest BCUT2D eigenvalue weighted by Crippen LogP contribution is 2.39. The minimum atomic E-state index is -0.677. The number of carbonyl (C=O) groups is 1. The summed E-state index contributed by atoms with van der Waals surface area (Å²) in [5.41, 5.74) is 8.78. The van der Waals surface area contributed by atoms with Crippen molar-refractivity contribution >= 4 is 18.3 Å². The molecule has 25 heavy (non-hydrogen) atoms. The second-order valence-corrected chi connectivity index (χ2v) is 7.05. The van der Waals surface area contributed by atoms with E-state index in [-0.39, 0.29) is 30.0 Å². The first-order valence-electron chi connectivity index (χ1n) is 8.26. The number of carbonyl (C=O) groups excluding carboxylic acids is 1. The quantitative estimate of drug-likeness (QED) is 0.874. The van der Waals surface area contributed by atoms with Crippen molar-refractivity contribution < 1.29 is 9.53 Å². The van der Waals surface area contributed by atoms with E-state index in [1.165, 1.54) is 0 Å². The largest absolute Gasteiger partial charge is 0.487 e. The Balaban J connectivity index is 0.00000225. The highest BCUT2D eigenvalue weighted by Gasteiger charge is 2.35. The SMILES string of the molecule is Cc1ccc(C(N)C(=O)NC2CC(C)(C)Oc3ccccc32)cc1.Cl. The lowest BCUT2D eigenvalue weighted by Crippen LogP contribution is -2.43. The number of nitrogens with two attached hydrogens (primary N) is 1. The topological polar surface area (TPSA) is 64.4 Å². The number of para-hydroxylation sites is 1. The number of amides is 1. The first kappa shape index (κ1) is 19.3. The molecule has 0 saturated carbocycles. The van der Waals surface area contributed by atoms with E-state index >= 15 is 0 Å². The molecule has 1 heterocycles. The number of nitrogens with one attached hydrogen (secondary N) is 1. The summed E-state index contributed by atoms with van der Waals surface area (Å²) in [5.74, 6) is 0.652. The van der Waals surface area contributed by atoms with Crippen LogP contribution in [0, 0.1) is 6.92 Å². The number of hydrogen-bond acceptors (Lipinski definition) is 3. The van der Waals surface area contributed by atoms with E-state index < -0.39 is 6.04 Å². The molecule has 2 atom stereocenters. The van der Waals surface area contributed by atoms with Gasteiger partial charge in [0.25, 0.3) is 0 Å². The number of ether oxygens (including phenoxy) is 1. The van der Waals surface area contributed by atoms with Crippen molar-refractivity contribution in [3.05, 3.63) is 65.2 Å². The van der Waals surface area contributed by atoms with E-state index in [9.17, 15) is 4.79 Å². The molecule has 0 radical (unpaired) electrons. The van der Waals surface area contributed by atoms with Crippen molar-refractivity contribution in [2.75, 3.05) is 0 Å². The van der Waals surface area contributed by atoms with Crippen LogP contribution in [0.25, 0.3) is 0 Å². The van der Waals surface area contributed by atoms with Crippen LogP contribution in [0.4, 0.5) is 0 Å². The molecule has 3 N–H and O–H groups in total. The molecule has 2 aromatic carbocycles. The van der Waals surface area contributed by atoms with Crippen molar-refractivity contribution in [1.82, 2.24) is 5.32 Å². The van der Waals surface area contributed by atoms with Crippen molar-refractivity contribution in [1.29, 1.82) is 0 Å². The van der Waals surface area contributed by atoms with Gasteiger partial charge < -0.3 is 15.8 Å². The summed E-state index contributed by atoms with van der Waals surface area (Å²) in [6.45, 7) is 6.07. The molecule has 1 aliphatic rings. The third-order valence-corrected chi connectivity index (χ3v) is 4.41. The second-order valence-electron chi connectivity index (χ2n) is 7.05. The summed E-state index contributed by atoms with van der Waals surface area (Å²) in [6, 6.07) is 14.8. The van der Waals surface area contributed by atoms with Crippen molar-refractivity contribution in [3.8, 4) is 5.75 Å². The minimum absolute atomic E-state index is 0. The normalized spacial score (nSPS) is 19.0. The predicted molar refractivity (Wildman–Crippen MR) is 102 cm³/mol. The van der Waals surface area contributed by atoms with Gasteiger partial charge in [0.1, 0.15) is 17.4 Å². The lowest BCUT2D eigenvalue weighted by Gasteiger charge is -2.38. The van der Waals surface area contributed by atoms with Crippen LogP contribution in [0.1, 0.15) is 49.0 Å². The smallest absolute Gasteiger partial charge is 0.242 e. The summed E-state index contributed by atoms with van der Waals surface area (Å²) in [7, 11) is 0. The predicted octanol–water partition coefficient (Wildman–Crippen LogP) is 3.84. The maximum atomic E-state index is 12.6.